The van der Waals surface area contributed by atoms with Gasteiger partial charge in [0.25, 0.3) is 6.29 Å². The van der Waals surface area contributed by atoms with E-state index < -0.39 is 58.3 Å². The van der Waals surface area contributed by atoms with Crippen molar-refractivity contribution in [1.29, 1.82) is 0 Å². The van der Waals surface area contributed by atoms with E-state index in [9.17, 15) is 24.6 Å². The number of rotatable bonds is 0. The van der Waals surface area contributed by atoms with Gasteiger partial charge in [-0.1, -0.05) is 20.8 Å². The van der Waals surface area contributed by atoms with E-state index in [0.717, 1.165) is 0 Å². The quantitative estimate of drug-likeness (QED) is 0.558. The maximum absolute atomic E-state index is 12.6. The molecule has 4 fully saturated rings. The summed E-state index contributed by atoms with van der Waals surface area (Å²) in [5.41, 5.74) is -5.91. The summed E-state index contributed by atoms with van der Waals surface area (Å²) in [4.78, 5) is 36.5. The van der Waals surface area contributed by atoms with Crippen LogP contribution in [-0.2, 0) is 28.6 Å². The third-order valence-electron chi connectivity index (χ3n) is 6.22. The molecule has 0 aromatic rings. The number of aliphatic hydroxyl groups is 2. The fourth-order valence-corrected chi connectivity index (χ4v) is 5.15. The molecule has 2 N–H and O–H groups in total. The minimum atomic E-state index is -1.78. The number of carbonyl (C=O) groups excluding carboxylic acids is 3. The van der Waals surface area contributed by atoms with Crippen molar-refractivity contribution >= 4 is 17.9 Å². The Labute approximate surface area is 131 Å². The molecule has 1 aliphatic carbocycles. The smallest absolute Gasteiger partial charge is 0.339 e. The summed E-state index contributed by atoms with van der Waals surface area (Å²) in [5.74, 6) is -2.36. The van der Waals surface area contributed by atoms with E-state index in [4.69, 9.17) is 14.2 Å². The van der Waals surface area contributed by atoms with Crippen LogP contribution < -0.4 is 0 Å². The fourth-order valence-electron chi connectivity index (χ4n) is 5.15. The number of ether oxygens (including phenoxy) is 3. The van der Waals surface area contributed by atoms with Gasteiger partial charge in [-0.05, 0) is 5.41 Å². The highest BCUT2D eigenvalue weighted by molar-refractivity contribution is 5.94. The molecule has 0 unspecified atom stereocenters. The van der Waals surface area contributed by atoms with Crippen molar-refractivity contribution in [3.8, 4) is 0 Å². The first kappa shape index (κ1) is 14.9. The van der Waals surface area contributed by atoms with E-state index in [2.05, 4.69) is 0 Å². The molecule has 1 saturated carbocycles. The molecule has 0 aromatic heterocycles. The van der Waals surface area contributed by atoms with Gasteiger partial charge in [0.2, 0.25) is 0 Å². The van der Waals surface area contributed by atoms with Crippen molar-refractivity contribution in [3.05, 3.63) is 0 Å². The maximum Gasteiger partial charge on any atom is 0.339 e. The highest BCUT2D eigenvalue weighted by Gasteiger charge is 2.92. The molecule has 3 aliphatic heterocycles. The molecule has 3 saturated heterocycles. The first-order valence-corrected chi connectivity index (χ1v) is 7.54. The summed E-state index contributed by atoms with van der Waals surface area (Å²) in [5, 5.41) is 22.2. The number of aliphatic hydroxyl groups excluding tert-OH is 1. The molecule has 4 rings (SSSR count). The average Bonchev–Trinajstić information content (AvgIpc) is 3.00. The van der Waals surface area contributed by atoms with Crippen LogP contribution in [0.2, 0.25) is 0 Å². The molecule has 0 amide bonds. The van der Waals surface area contributed by atoms with Crippen molar-refractivity contribution in [1.82, 2.24) is 0 Å². The third kappa shape index (κ3) is 1.20. The van der Waals surface area contributed by atoms with Crippen molar-refractivity contribution in [2.75, 3.05) is 0 Å². The van der Waals surface area contributed by atoms with Gasteiger partial charge in [0.15, 0.2) is 6.10 Å². The summed E-state index contributed by atoms with van der Waals surface area (Å²) in [7, 11) is 0. The average molecular weight is 326 g/mol. The Morgan fingerprint density at radius 3 is 2.39 bits per heavy atom. The first-order valence-electron chi connectivity index (χ1n) is 7.54. The molecule has 126 valence electrons. The summed E-state index contributed by atoms with van der Waals surface area (Å²) in [6.45, 7) is 5.19. The van der Waals surface area contributed by atoms with Crippen LogP contribution in [0.1, 0.15) is 33.6 Å². The molecule has 4 aliphatic rings. The minimum absolute atomic E-state index is 0.0679. The number of hydrogen-bond donors (Lipinski definition) is 2. The van der Waals surface area contributed by atoms with Crippen LogP contribution in [0, 0.1) is 16.2 Å². The van der Waals surface area contributed by atoms with Gasteiger partial charge in [0.05, 0.1) is 12.0 Å². The van der Waals surface area contributed by atoms with Gasteiger partial charge in [-0.15, -0.1) is 0 Å². The van der Waals surface area contributed by atoms with E-state index in [0.29, 0.717) is 0 Å². The summed E-state index contributed by atoms with van der Waals surface area (Å²) >= 11 is 0. The van der Waals surface area contributed by atoms with Crippen LogP contribution in [-0.4, -0.2) is 52.2 Å². The number of esters is 3. The van der Waals surface area contributed by atoms with Crippen molar-refractivity contribution < 1.29 is 38.8 Å². The van der Waals surface area contributed by atoms with Crippen LogP contribution in [0.15, 0.2) is 0 Å². The van der Waals surface area contributed by atoms with Crippen LogP contribution >= 0.6 is 0 Å². The third-order valence-corrected chi connectivity index (χ3v) is 6.22. The van der Waals surface area contributed by atoms with E-state index in [1.165, 1.54) is 0 Å². The second kappa shape index (κ2) is 3.70. The van der Waals surface area contributed by atoms with E-state index >= 15 is 0 Å². The zero-order chi connectivity index (χ0) is 17.0. The van der Waals surface area contributed by atoms with Gasteiger partial charge >= 0.3 is 17.9 Å². The molecule has 2 spiro atoms. The van der Waals surface area contributed by atoms with Gasteiger partial charge in [0.1, 0.15) is 16.9 Å². The van der Waals surface area contributed by atoms with Gasteiger partial charge in [-0.3, -0.25) is 9.59 Å². The molecule has 0 bridgehead atoms. The first-order chi connectivity index (χ1) is 10.5. The van der Waals surface area contributed by atoms with Gasteiger partial charge in [-0.2, -0.15) is 0 Å². The second-order valence-corrected chi connectivity index (χ2v) is 7.89. The van der Waals surface area contributed by atoms with Crippen LogP contribution in [0.25, 0.3) is 0 Å². The minimum Gasteiger partial charge on any atom is -0.461 e. The van der Waals surface area contributed by atoms with Crippen molar-refractivity contribution in [2.24, 2.45) is 16.2 Å². The Morgan fingerprint density at radius 1 is 1.13 bits per heavy atom. The van der Waals surface area contributed by atoms with Crippen LogP contribution in [0.5, 0.6) is 0 Å². The van der Waals surface area contributed by atoms with Crippen molar-refractivity contribution in [3.63, 3.8) is 0 Å². The lowest BCUT2D eigenvalue weighted by atomic mass is 9.52. The lowest BCUT2D eigenvalue weighted by Gasteiger charge is -2.49. The zero-order valence-electron chi connectivity index (χ0n) is 13.0. The van der Waals surface area contributed by atoms with Gasteiger partial charge in [0, 0.05) is 6.42 Å². The fraction of sp³-hybridized carbons (Fsp3) is 0.800. The molecule has 0 radical (unpaired) electrons. The zero-order valence-corrected chi connectivity index (χ0v) is 13.0. The second-order valence-electron chi connectivity index (χ2n) is 7.89. The van der Waals surface area contributed by atoms with E-state index in [-0.39, 0.29) is 12.8 Å². The normalized spacial score (nSPS) is 51.0. The molecule has 8 heteroatoms. The molecular formula is C15H18O8. The molecule has 6 atom stereocenters. The highest BCUT2D eigenvalue weighted by atomic mass is 16.7. The largest absolute Gasteiger partial charge is 0.461 e. The standard InChI is InChI=1S/C15H18O8/c1-12(2,3)14(20)4-6-13(5-7(16)21-6)10(19)23-11-15(13,14)8(17)9(18)22-11/h6,8,11,17,20H,4-5H2,1-3H3/t6-,8+,11-,13-,14+,15+/m0/s1. The predicted molar refractivity (Wildman–Crippen MR) is 70.4 cm³/mol. The SMILES string of the molecule is CC(C)(C)[C@]1(O)C[C@@H]2OC(=O)C[C@@]23C(=O)O[C@@H]2OC(=O)[C@@H](O)[C@]213. The predicted octanol–water partition coefficient (Wildman–Crippen LogP) is -0.744. The lowest BCUT2D eigenvalue weighted by Crippen LogP contribution is -2.65. The molecule has 8 nitrogen and oxygen atoms in total. The topological polar surface area (TPSA) is 119 Å². The van der Waals surface area contributed by atoms with Crippen LogP contribution in [0.4, 0.5) is 0 Å². The van der Waals surface area contributed by atoms with Gasteiger partial charge in [-0.25, -0.2) is 4.79 Å². The number of hydrogen-bond acceptors (Lipinski definition) is 8. The summed E-state index contributed by atoms with van der Waals surface area (Å²) in [6.07, 6.45) is -4.58. The Kier molecular flexibility index (Phi) is 2.39. The Morgan fingerprint density at radius 2 is 1.78 bits per heavy atom. The van der Waals surface area contributed by atoms with E-state index in [1.807, 2.05) is 0 Å². The van der Waals surface area contributed by atoms with Crippen molar-refractivity contribution in [2.45, 2.75) is 57.7 Å². The van der Waals surface area contributed by atoms with Crippen LogP contribution in [0.3, 0.4) is 0 Å². The maximum atomic E-state index is 12.6. The Bertz CT molecular complexity index is 650. The molecule has 23 heavy (non-hydrogen) atoms. The molecule has 3 heterocycles. The summed E-state index contributed by atoms with van der Waals surface area (Å²) < 4.78 is 15.5. The Balaban J connectivity index is 2.05. The molecule has 0 aromatic carbocycles. The lowest BCUT2D eigenvalue weighted by molar-refractivity contribution is -0.224. The number of carbonyl (C=O) groups is 3. The molecular weight excluding hydrogens is 308 g/mol. The Hall–Kier alpha value is -1.67. The van der Waals surface area contributed by atoms with E-state index in [1.54, 1.807) is 20.8 Å². The highest BCUT2D eigenvalue weighted by Crippen LogP contribution is 2.75. The summed E-state index contributed by atoms with van der Waals surface area (Å²) in [6, 6.07) is 0. The van der Waals surface area contributed by atoms with Gasteiger partial charge < -0.3 is 24.4 Å². The monoisotopic (exact) mass is 326 g/mol.